The van der Waals surface area contributed by atoms with Gasteiger partial charge in [0.1, 0.15) is 5.82 Å². The van der Waals surface area contributed by atoms with Crippen LogP contribution in [-0.4, -0.2) is 24.6 Å². The Kier molecular flexibility index (Phi) is 4.59. The Labute approximate surface area is 111 Å². The maximum absolute atomic E-state index is 4.57. The molecule has 1 fully saturated rings. The molecule has 1 aromatic rings. The number of aromatic nitrogens is 1. The van der Waals surface area contributed by atoms with E-state index in [1.54, 1.807) is 0 Å². The quantitative estimate of drug-likeness (QED) is 0.866. The first-order chi connectivity index (χ1) is 8.76. The second kappa shape index (κ2) is 6.19. The van der Waals surface area contributed by atoms with Crippen molar-refractivity contribution in [1.29, 1.82) is 0 Å². The largest absolute Gasteiger partial charge is 0.354 e. The maximum Gasteiger partial charge on any atom is 0.129 e. The van der Waals surface area contributed by atoms with Crippen molar-refractivity contribution >= 4 is 5.82 Å². The number of nitrogens with one attached hydrogen (secondary N) is 1. The van der Waals surface area contributed by atoms with E-state index in [9.17, 15) is 0 Å². The molecule has 100 valence electrons. The van der Waals surface area contributed by atoms with Crippen LogP contribution in [0, 0.1) is 0 Å². The first kappa shape index (κ1) is 13.3. The van der Waals surface area contributed by atoms with E-state index in [1.165, 1.54) is 31.2 Å². The highest BCUT2D eigenvalue weighted by Gasteiger charge is 2.22. The smallest absolute Gasteiger partial charge is 0.129 e. The van der Waals surface area contributed by atoms with Gasteiger partial charge in [0.2, 0.25) is 0 Å². The van der Waals surface area contributed by atoms with Crippen molar-refractivity contribution in [3.8, 4) is 0 Å². The summed E-state index contributed by atoms with van der Waals surface area (Å²) in [4.78, 5) is 7.04. The van der Waals surface area contributed by atoms with Crippen LogP contribution in [0.15, 0.2) is 18.3 Å². The van der Waals surface area contributed by atoms with Gasteiger partial charge in [0.15, 0.2) is 0 Å². The van der Waals surface area contributed by atoms with Gasteiger partial charge >= 0.3 is 0 Å². The normalized spacial score (nSPS) is 17.9. The molecular formula is C15H25N3. The Morgan fingerprint density at radius 2 is 2.17 bits per heavy atom. The standard InChI is InChI=1S/C15H25N3/c1-4-18(14-7-5-6-8-14)15-11-13(9-10-17-15)12(2)16-3/h9-12,14,16H,4-8H2,1-3H3. The maximum atomic E-state index is 4.57. The first-order valence-corrected chi connectivity index (χ1v) is 7.16. The summed E-state index contributed by atoms with van der Waals surface area (Å²) in [6.45, 7) is 5.47. The molecule has 0 spiro atoms. The van der Waals surface area contributed by atoms with Gasteiger partial charge in [-0.25, -0.2) is 4.98 Å². The average molecular weight is 247 g/mol. The lowest BCUT2D eigenvalue weighted by molar-refractivity contribution is 0.609. The third-order valence-electron chi connectivity index (χ3n) is 4.10. The van der Waals surface area contributed by atoms with Gasteiger partial charge in [-0.05, 0) is 51.4 Å². The summed E-state index contributed by atoms with van der Waals surface area (Å²) in [6.07, 6.45) is 7.32. The monoisotopic (exact) mass is 247 g/mol. The van der Waals surface area contributed by atoms with Gasteiger partial charge in [0.25, 0.3) is 0 Å². The van der Waals surface area contributed by atoms with Crippen LogP contribution < -0.4 is 10.2 Å². The average Bonchev–Trinajstić information content (AvgIpc) is 2.93. The molecule has 0 amide bonds. The zero-order chi connectivity index (χ0) is 13.0. The highest BCUT2D eigenvalue weighted by molar-refractivity contribution is 5.43. The molecule has 3 heteroatoms. The van der Waals surface area contributed by atoms with Gasteiger partial charge in [0, 0.05) is 24.8 Å². The number of anilines is 1. The second-order valence-electron chi connectivity index (χ2n) is 5.18. The summed E-state index contributed by atoms with van der Waals surface area (Å²) in [5.41, 5.74) is 1.32. The van der Waals surface area contributed by atoms with Gasteiger partial charge in [-0.1, -0.05) is 12.8 Å². The Bertz CT molecular complexity index is 372. The fraction of sp³-hybridized carbons (Fsp3) is 0.667. The van der Waals surface area contributed by atoms with E-state index in [2.05, 4.69) is 41.2 Å². The Morgan fingerprint density at radius 1 is 1.44 bits per heavy atom. The molecule has 0 radical (unpaired) electrons. The molecule has 0 saturated heterocycles. The number of hydrogen-bond donors (Lipinski definition) is 1. The summed E-state index contributed by atoms with van der Waals surface area (Å²) in [5, 5.41) is 3.29. The van der Waals surface area contributed by atoms with Crippen molar-refractivity contribution in [2.24, 2.45) is 0 Å². The zero-order valence-electron chi connectivity index (χ0n) is 11.8. The van der Waals surface area contributed by atoms with E-state index >= 15 is 0 Å². The molecule has 1 N–H and O–H groups in total. The van der Waals surface area contributed by atoms with Crippen molar-refractivity contribution in [1.82, 2.24) is 10.3 Å². The van der Waals surface area contributed by atoms with E-state index in [1.807, 2.05) is 13.2 Å². The van der Waals surface area contributed by atoms with Crippen molar-refractivity contribution < 1.29 is 0 Å². The molecule has 0 aliphatic heterocycles. The molecule has 1 atom stereocenters. The van der Waals surface area contributed by atoms with Crippen molar-refractivity contribution in [2.45, 2.75) is 51.6 Å². The lowest BCUT2D eigenvalue weighted by atomic mass is 10.1. The highest BCUT2D eigenvalue weighted by atomic mass is 15.2. The summed E-state index contributed by atoms with van der Waals surface area (Å²) in [7, 11) is 2.00. The van der Waals surface area contributed by atoms with Crippen LogP contribution >= 0.6 is 0 Å². The van der Waals surface area contributed by atoms with E-state index in [0.29, 0.717) is 12.1 Å². The van der Waals surface area contributed by atoms with Gasteiger partial charge < -0.3 is 10.2 Å². The lowest BCUT2D eigenvalue weighted by Gasteiger charge is -2.29. The van der Waals surface area contributed by atoms with Crippen LogP contribution in [-0.2, 0) is 0 Å². The van der Waals surface area contributed by atoms with Crippen LogP contribution in [0.2, 0.25) is 0 Å². The second-order valence-corrected chi connectivity index (χ2v) is 5.18. The summed E-state index contributed by atoms with van der Waals surface area (Å²) >= 11 is 0. The van der Waals surface area contributed by atoms with Crippen LogP contribution in [0.4, 0.5) is 5.82 Å². The molecule has 0 bridgehead atoms. The number of nitrogens with zero attached hydrogens (tertiary/aromatic N) is 2. The third-order valence-corrected chi connectivity index (χ3v) is 4.10. The fourth-order valence-electron chi connectivity index (χ4n) is 2.85. The van der Waals surface area contributed by atoms with Crippen molar-refractivity contribution in [3.63, 3.8) is 0 Å². The van der Waals surface area contributed by atoms with E-state index in [0.717, 1.165) is 12.4 Å². The van der Waals surface area contributed by atoms with E-state index in [4.69, 9.17) is 0 Å². The number of rotatable bonds is 5. The molecule has 1 aliphatic rings. The molecule has 2 rings (SSSR count). The van der Waals surface area contributed by atoms with Gasteiger partial charge in [-0.2, -0.15) is 0 Å². The fourth-order valence-corrected chi connectivity index (χ4v) is 2.85. The van der Waals surface area contributed by atoms with Crippen LogP contribution in [0.3, 0.4) is 0 Å². The van der Waals surface area contributed by atoms with Gasteiger partial charge in [-0.15, -0.1) is 0 Å². The summed E-state index contributed by atoms with van der Waals surface area (Å²) in [5.74, 6) is 1.14. The zero-order valence-corrected chi connectivity index (χ0v) is 11.8. The third kappa shape index (κ3) is 2.83. The Balaban J connectivity index is 2.19. The molecular weight excluding hydrogens is 222 g/mol. The van der Waals surface area contributed by atoms with Crippen molar-refractivity contribution in [2.75, 3.05) is 18.5 Å². The molecule has 18 heavy (non-hydrogen) atoms. The molecule has 1 heterocycles. The molecule has 3 nitrogen and oxygen atoms in total. The van der Waals surface area contributed by atoms with Crippen LogP contribution in [0.5, 0.6) is 0 Å². The van der Waals surface area contributed by atoms with Gasteiger partial charge in [-0.3, -0.25) is 0 Å². The minimum absolute atomic E-state index is 0.383. The topological polar surface area (TPSA) is 28.2 Å². The summed E-state index contributed by atoms with van der Waals surface area (Å²) < 4.78 is 0. The molecule has 1 aliphatic carbocycles. The molecule has 1 unspecified atom stereocenters. The predicted molar refractivity (Wildman–Crippen MR) is 77.0 cm³/mol. The predicted octanol–water partition coefficient (Wildman–Crippen LogP) is 3.13. The van der Waals surface area contributed by atoms with Crippen LogP contribution in [0.1, 0.15) is 51.1 Å². The lowest BCUT2D eigenvalue weighted by Crippen LogP contribution is -2.33. The minimum Gasteiger partial charge on any atom is -0.354 e. The van der Waals surface area contributed by atoms with Gasteiger partial charge in [0.05, 0.1) is 0 Å². The van der Waals surface area contributed by atoms with E-state index < -0.39 is 0 Å². The summed E-state index contributed by atoms with van der Waals surface area (Å²) in [6, 6.07) is 5.42. The molecule has 1 aromatic heterocycles. The number of hydrogen-bond acceptors (Lipinski definition) is 3. The molecule has 1 saturated carbocycles. The molecule has 0 aromatic carbocycles. The minimum atomic E-state index is 0.383. The Hall–Kier alpha value is -1.09. The Morgan fingerprint density at radius 3 is 2.78 bits per heavy atom. The van der Waals surface area contributed by atoms with Crippen molar-refractivity contribution in [3.05, 3.63) is 23.9 Å². The highest BCUT2D eigenvalue weighted by Crippen LogP contribution is 2.28. The first-order valence-electron chi connectivity index (χ1n) is 7.16. The SMILES string of the molecule is CCN(c1cc(C(C)NC)ccn1)C1CCCC1. The van der Waals surface area contributed by atoms with E-state index in [-0.39, 0.29) is 0 Å². The van der Waals surface area contributed by atoms with Crippen LogP contribution in [0.25, 0.3) is 0 Å². The number of pyridine rings is 1.